The first-order valence-corrected chi connectivity index (χ1v) is 6.66. The quantitative estimate of drug-likeness (QED) is 0.787. The van der Waals surface area contributed by atoms with E-state index in [0.717, 1.165) is 35.3 Å². The Bertz CT molecular complexity index is 445. The lowest BCUT2D eigenvalue weighted by Gasteiger charge is -2.18. The number of amides is 1. The summed E-state index contributed by atoms with van der Waals surface area (Å²) in [5.41, 5.74) is 9.53. The molecule has 0 radical (unpaired) electrons. The fourth-order valence-corrected chi connectivity index (χ4v) is 2.95. The second-order valence-corrected chi connectivity index (χ2v) is 5.53. The zero-order valence-corrected chi connectivity index (χ0v) is 11.4. The highest BCUT2D eigenvalue weighted by Crippen LogP contribution is 2.33. The van der Waals surface area contributed by atoms with Gasteiger partial charge in [-0.05, 0) is 55.9 Å². The molecule has 1 aliphatic carbocycles. The highest BCUT2D eigenvalue weighted by molar-refractivity contribution is 5.94. The molecule has 3 nitrogen and oxygen atoms in total. The van der Waals surface area contributed by atoms with Crippen LogP contribution in [0.15, 0.2) is 12.1 Å². The lowest BCUT2D eigenvalue weighted by Crippen LogP contribution is -2.25. The average molecular weight is 246 g/mol. The molecule has 98 valence electrons. The Labute approximate surface area is 109 Å². The van der Waals surface area contributed by atoms with E-state index in [1.165, 1.54) is 6.42 Å². The first-order valence-electron chi connectivity index (χ1n) is 6.66. The van der Waals surface area contributed by atoms with Gasteiger partial charge in [-0.2, -0.15) is 0 Å². The summed E-state index contributed by atoms with van der Waals surface area (Å²) < 4.78 is 0. The Morgan fingerprint density at radius 1 is 1.28 bits per heavy atom. The molecule has 0 heterocycles. The molecule has 1 amide bonds. The predicted octanol–water partition coefficient (Wildman–Crippen LogP) is 3.26. The molecular weight excluding hydrogens is 224 g/mol. The van der Waals surface area contributed by atoms with Crippen LogP contribution >= 0.6 is 0 Å². The van der Waals surface area contributed by atoms with Crippen molar-refractivity contribution in [2.45, 2.75) is 40.0 Å². The first-order chi connectivity index (χ1) is 8.49. The summed E-state index contributed by atoms with van der Waals surface area (Å²) in [5, 5.41) is 3.08. The number of nitrogen functional groups attached to an aromatic ring is 1. The lowest BCUT2D eigenvalue weighted by molar-refractivity contribution is -0.120. The van der Waals surface area contributed by atoms with Crippen LogP contribution in [0.3, 0.4) is 0 Å². The van der Waals surface area contributed by atoms with Crippen LogP contribution < -0.4 is 11.1 Å². The maximum absolute atomic E-state index is 12.3. The van der Waals surface area contributed by atoms with Gasteiger partial charge in [0, 0.05) is 17.3 Å². The Morgan fingerprint density at radius 3 is 2.39 bits per heavy atom. The topological polar surface area (TPSA) is 55.1 Å². The molecule has 0 saturated heterocycles. The molecule has 1 fully saturated rings. The van der Waals surface area contributed by atoms with Gasteiger partial charge in [0.15, 0.2) is 0 Å². The molecule has 18 heavy (non-hydrogen) atoms. The van der Waals surface area contributed by atoms with Crippen molar-refractivity contribution in [3.05, 3.63) is 23.3 Å². The van der Waals surface area contributed by atoms with Gasteiger partial charge in [-0.25, -0.2) is 0 Å². The van der Waals surface area contributed by atoms with Crippen LogP contribution in [-0.4, -0.2) is 5.91 Å². The van der Waals surface area contributed by atoms with E-state index in [-0.39, 0.29) is 11.8 Å². The van der Waals surface area contributed by atoms with Crippen molar-refractivity contribution < 1.29 is 4.79 Å². The molecule has 2 unspecified atom stereocenters. The normalized spacial score (nSPS) is 23.1. The van der Waals surface area contributed by atoms with Crippen molar-refractivity contribution in [1.82, 2.24) is 0 Å². The van der Waals surface area contributed by atoms with Crippen molar-refractivity contribution in [3.63, 3.8) is 0 Å². The number of carbonyl (C=O) groups excluding carboxylic acids is 1. The molecule has 3 heteroatoms. The van der Waals surface area contributed by atoms with Gasteiger partial charge >= 0.3 is 0 Å². The van der Waals surface area contributed by atoms with Crippen molar-refractivity contribution in [2.75, 3.05) is 11.1 Å². The highest BCUT2D eigenvalue weighted by Gasteiger charge is 2.30. The molecule has 1 aliphatic rings. The van der Waals surface area contributed by atoms with Crippen LogP contribution in [0.1, 0.15) is 37.3 Å². The van der Waals surface area contributed by atoms with Gasteiger partial charge in [-0.1, -0.05) is 13.3 Å². The zero-order chi connectivity index (χ0) is 13.3. The van der Waals surface area contributed by atoms with E-state index < -0.39 is 0 Å². The molecule has 0 spiro atoms. The lowest BCUT2D eigenvalue weighted by atomic mass is 9.96. The molecule has 0 aliphatic heterocycles. The minimum absolute atomic E-state index is 0.163. The summed E-state index contributed by atoms with van der Waals surface area (Å²) >= 11 is 0. The third kappa shape index (κ3) is 2.50. The van der Waals surface area contributed by atoms with E-state index >= 15 is 0 Å². The van der Waals surface area contributed by atoms with Crippen molar-refractivity contribution in [1.29, 1.82) is 0 Å². The smallest absolute Gasteiger partial charge is 0.227 e. The molecule has 2 atom stereocenters. The Balaban J connectivity index is 2.17. The molecule has 0 bridgehead atoms. The van der Waals surface area contributed by atoms with Gasteiger partial charge in [0.2, 0.25) is 5.91 Å². The van der Waals surface area contributed by atoms with E-state index in [2.05, 4.69) is 12.2 Å². The number of anilines is 2. The minimum Gasteiger partial charge on any atom is -0.399 e. The summed E-state index contributed by atoms with van der Waals surface area (Å²) in [4.78, 5) is 12.3. The second kappa shape index (κ2) is 5.01. The summed E-state index contributed by atoms with van der Waals surface area (Å²) in [6.45, 7) is 6.13. The maximum atomic E-state index is 12.3. The average Bonchev–Trinajstić information content (AvgIpc) is 2.69. The maximum Gasteiger partial charge on any atom is 0.227 e. The standard InChI is InChI=1S/C15H22N2O/c1-9-5-4-6-13(9)15(18)17-14-10(2)7-12(16)8-11(14)3/h7-9,13H,4-6,16H2,1-3H3,(H,17,18). The number of aryl methyl sites for hydroxylation is 2. The first kappa shape index (κ1) is 12.9. The van der Waals surface area contributed by atoms with Crippen molar-refractivity contribution in [2.24, 2.45) is 11.8 Å². The van der Waals surface area contributed by atoms with E-state index in [1.807, 2.05) is 26.0 Å². The third-order valence-electron chi connectivity index (χ3n) is 4.00. The fraction of sp³-hybridized carbons (Fsp3) is 0.533. The number of carbonyl (C=O) groups is 1. The van der Waals surface area contributed by atoms with Crippen LogP contribution in [-0.2, 0) is 4.79 Å². The van der Waals surface area contributed by atoms with Crippen LogP contribution in [0, 0.1) is 25.7 Å². The zero-order valence-electron chi connectivity index (χ0n) is 11.4. The third-order valence-corrected chi connectivity index (χ3v) is 4.00. The number of nitrogens with two attached hydrogens (primary N) is 1. The van der Waals surface area contributed by atoms with E-state index in [0.29, 0.717) is 5.92 Å². The van der Waals surface area contributed by atoms with Crippen LogP contribution in [0.25, 0.3) is 0 Å². The summed E-state index contributed by atoms with van der Waals surface area (Å²) in [6, 6.07) is 3.81. The highest BCUT2D eigenvalue weighted by atomic mass is 16.1. The van der Waals surface area contributed by atoms with E-state index in [9.17, 15) is 4.79 Å². The van der Waals surface area contributed by atoms with Gasteiger partial charge in [0.25, 0.3) is 0 Å². The second-order valence-electron chi connectivity index (χ2n) is 5.53. The Morgan fingerprint density at radius 2 is 1.89 bits per heavy atom. The molecule has 1 aromatic rings. The molecule has 1 saturated carbocycles. The molecule has 2 rings (SSSR count). The van der Waals surface area contributed by atoms with Crippen LogP contribution in [0.4, 0.5) is 11.4 Å². The van der Waals surface area contributed by atoms with Gasteiger partial charge in [0.05, 0.1) is 0 Å². The van der Waals surface area contributed by atoms with Crippen molar-refractivity contribution >= 4 is 17.3 Å². The molecule has 1 aromatic carbocycles. The number of hydrogen-bond donors (Lipinski definition) is 2. The number of hydrogen-bond acceptors (Lipinski definition) is 2. The number of rotatable bonds is 2. The van der Waals surface area contributed by atoms with Gasteiger partial charge in [0.1, 0.15) is 0 Å². The predicted molar refractivity (Wildman–Crippen MR) is 75.5 cm³/mol. The summed E-state index contributed by atoms with van der Waals surface area (Å²) in [7, 11) is 0. The number of nitrogens with one attached hydrogen (secondary N) is 1. The largest absolute Gasteiger partial charge is 0.399 e. The van der Waals surface area contributed by atoms with Gasteiger partial charge < -0.3 is 11.1 Å². The van der Waals surface area contributed by atoms with Gasteiger partial charge in [-0.3, -0.25) is 4.79 Å². The SMILES string of the molecule is Cc1cc(N)cc(C)c1NC(=O)C1CCCC1C. The fourth-order valence-electron chi connectivity index (χ4n) is 2.95. The van der Waals surface area contributed by atoms with Crippen LogP contribution in [0.2, 0.25) is 0 Å². The Hall–Kier alpha value is -1.51. The molecule has 3 N–H and O–H groups in total. The van der Waals surface area contributed by atoms with Gasteiger partial charge in [-0.15, -0.1) is 0 Å². The monoisotopic (exact) mass is 246 g/mol. The van der Waals surface area contributed by atoms with E-state index in [4.69, 9.17) is 5.73 Å². The van der Waals surface area contributed by atoms with Crippen molar-refractivity contribution in [3.8, 4) is 0 Å². The summed E-state index contributed by atoms with van der Waals surface area (Å²) in [6.07, 6.45) is 3.34. The Kier molecular flexibility index (Phi) is 3.60. The molecule has 0 aromatic heterocycles. The van der Waals surface area contributed by atoms with E-state index in [1.54, 1.807) is 0 Å². The molecular formula is C15H22N2O. The minimum atomic E-state index is 0.163. The number of benzene rings is 1. The van der Waals surface area contributed by atoms with Crippen LogP contribution in [0.5, 0.6) is 0 Å². The summed E-state index contributed by atoms with van der Waals surface area (Å²) in [5.74, 6) is 0.830.